The summed E-state index contributed by atoms with van der Waals surface area (Å²) in [6.07, 6.45) is 0.945. The summed E-state index contributed by atoms with van der Waals surface area (Å²) in [6.45, 7) is 0. The van der Waals surface area contributed by atoms with E-state index in [0.717, 1.165) is 22.2 Å². The van der Waals surface area contributed by atoms with Crippen molar-refractivity contribution in [2.45, 2.75) is 6.42 Å². The van der Waals surface area contributed by atoms with Crippen LogP contribution in [0.3, 0.4) is 0 Å². The normalized spacial score (nSPS) is 27.8. The average molecular weight is 265 g/mol. The quantitative estimate of drug-likeness (QED) is 0.828. The molecule has 0 saturated heterocycles. The van der Waals surface area contributed by atoms with E-state index < -0.39 is 0 Å². The molecule has 15 heavy (non-hydrogen) atoms. The van der Waals surface area contributed by atoms with Gasteiger partial charge in [0.2, 0.25) is 5.91 Å². The fourth-order valence-corrected chi connectivity index (χ4v) is 2.23. The smallest absolute Gasteiger partial charge is 0.243 e. The molecule has 1 aliphatic heterocycles. The number of halogens is 1. The third-order valence-corrected chi connectivity index (χ3v) is 3.43. The van der Waals surface area contributed by atoms with Crippen molar-refractivity contribution in [2.75, 3.05) is 0 Å². The van der Waals surface area contributed by atoms with Gasteiger partial charge in [-0.3, -0.25) is 4.79 Å². The Hall–Kier alpha value is -1.16. The first-order chi connectivity index (χ1) is 7.25. The molecule has 0 radical (unpaired) electrons. The molecule has 0 spiro atoms. The fourth-order valence-electron chi connectivity index (χ4n) is 1.97. The molecular formula is C11H9BrN2O. The molecule has 4 heteroatoms. The number of fused-ring (bicyclic) bond motifs is 1. The molecule has 1 saturated carbocycles. The third-order valence-electron chi connectivity index (χ3n) is 2.90. The Labute approximate surface area is 95.7 Å². The predicted molar refractivity (Wildman–Crippen MR) is 60.4 cm³/mol. The maximum Gasteiger partial charge on any atom is 0.243 e. The third kappa shape index (κ3) is 1.49. The van der Waals surface area contributed by atoms with Gasteiger partial charge in [0.15, 0.2) is 0 Å². The second-order valence-corrected chi connectivity index (χ2v) is 4.84. The van der Waals surface area contributed by atoms with Crippen molar-refractivity contribution in [3.05, 3.63) is 34.3 Å². The van der Waals surface area contributed by atoms with E-state index in [1.807, 2.05) is 24.3 Å². The number of hydrogen-bond acceptors (Lipinski definition) is 2. The zero-order chi connectivity index (χ0) is 10.4. The van der Waals surface area contributed by atoms with E-state index in [9.17, 15) is 4.79 Å². The molecule has 1 amide bonds. The first-order valence-electron chi connectivity index (χ1n) is 4.89. The van der Waals surface area contributed by atoms with Crippen molar-refractivity contribution < 1.29 is 4.79 Å². The molecule has 2 aliphatic rings. The van der Waals surface area contributed by atoms with Crippen LogP contribution < -0.4 is 5.43 Å². The number of nitrogens with one attached hydrogen (secondary N) is 1. The molecule has 76 valence electrons. The van der Waals surface area contributed by atoms with Crippen LogP contribution in [0.1, 0.15) is 12.0 Å². The van der Waals surface area contributed by atoms with Crippen LogP contribution in [0.5, 0.6) is 0 Å². The number of carbonyl (C=O) groups is 1. The highest BCUT2D eigenvalue weighted by Crippen LogP contribution is 2.43. The van der Waals surface area contributed by atoms with E-state index in [0.29, 0.717) is 5.92 Å². The van der Waals surface area contributed by atoms with Crippen molar-refractivity contribution in [1.29, 1.82) is 0 Å². The summed E-state index contributed by atoms with van der Waals surface area (Å²) in [5.41, 5.74) is 4.70. The first-order valence-corrected chi connectivity index (χ1v) is 5.68. The predicted octanol–water partition coefficient (Wildman–Crippen LogP) is 1.92. The average Bonchev–Trinajstić information content (AvgIpc) is 3.01. The van der Waals surface area contributed by atoms with Crippen LogP contribution in [0.25, 0.3) is 0 Å². The minimum Gasteiger partial charge on any atom is -0.273 e. The molecule has 1 aliphatic carbocycles. The van der Waals surface area contributed by atoms with E-state index in [-0.39, 0.29) is 11.8 Å². The Morgan fingerprint density at radius 3 is 2.73 bits per heavy atom. The number of benzene rings is 1. The van der Waals surface area contributed by atoms with Gasteiger partial charge in [0.25, 0.3) is 0 Å². The van der Waals surface area contributed by atoms with Gasteiger partial charge in [-0.2, -0.15) is 5.10 Å². The van der Waals surface area contributed by atoms with E-state index in [4.69, 9.17) is 0 Å². The first kappa shape index (κ1) is 9.09. The van der Waals surface area contributed by atoms with Crippen LogP contribution in [0.4, 0.5) is 0 Å². The van der Waals surface area contributed by atoms with Crippen LogP contribution in [-0.4, -0.2) is 11.6 Å². The van der Waals surface area contributed by atoms with Crippen LogP contribution in [0.15, 0.2) is 33.8 Å². The lowest BCUT2D eigenvalue weighted by atomic mass is 10.0. The molecule has 1 aromatic rings. The van der Waals surface area contributed by atoms with Crippen molar-refractivity contribution in [1.82, 2.24) is 5.43 Å². The summed E-state index contributed by atoms with van der Waals surface area (Å²) in [7, 11) is 0. The molecule has 3 nitrogen and oxygen atoms in total. The molecule has 1 heterocycles. The van der Waals surface area contributed by atoms with Gasteiger partial charge in [-0.25, -0.2) is 5.43 Å². The number of hydrogen-bond donors (Lipinski definition) is 1. The number of carbonyl (C=O) groups excluding carboxylic acids is 1. The van der Waals surface area contributed by atoms with Crippen molar-refractivity contribution in [2.24, 2.45) is 16.9 Å². The molecule has 3 rings (SSSR count). The highest BCUT2D eigenvalue weighted by molar-refractivity contribution is 9.10. The molecular weight excluding hydrogens is 256 g/mol. The molecule has 0 bridgehead atoms. The van der Waals surface area contributed by atoms with Crippen molar-refractivity contribution in [3.8, 4) is 0 Å². The SMILES string of the molecule is O=C1NN=C(c2ccc(Br)cc2)[C@H]2C[C@H]12. The van der Waals surface area contributed by atoms with Crippen LogP contribution in [0, 0.1) is 11.8 Å². The van der Waals surface area contributed by atoms with Crippen molar-refractivity contribution >= 4 is 27.5 Å². The van der Waals surface area contributed by atoms with E-state index >= 15 is 0 Å². The second-order valence-electron chi connectivity index (χ2n) is 3.93. The van der Waals surface area contributed by atoms with E-state index in [1.165, 1.54) is 0 Å². The lowest BCUT2D eigenvalue weighted by molar-refractivity contribution is -0.122. The van der Waals surface area contributed by atoms with Gasteiger partial charge in [0.05, 0.1) is 5.71 Å². The lowest BCUT2D eigenvalue weighted by Crippen LogP contribution is -2.28. The topological polar surface area (TPSA) is 41.5 Å². The van der Waals surface area contributed by atoms with Crippen molar-refractivity contribution in [3.63, 3.8) is 0 Å². The monoisotopic (exact) mass is 264 g/mol. The standard InChI is InChI=1S/C11H9BrN2O/c12-7-3-1-6(2-4-7)10-8-5-9(8)11(15)14-13-10/h1-4,8-9H,5H2,(H,14,15)/t8-,9-/m0/s1. The fraction of sp³-hybridized carbons (Fsp3) is 0.273. The molecule has 1 aromatic carbocycles. The number of nitrogens with zero attached hydrogens (tertiary/aromatic N) is 1. The summed E-state index contributed by atoms with van der Waals surface area (Å²) in [5.74, 6) is 0.585. The summed E-state index contributed by atoms with van der Waals surface area (Å²) in [6, 6.07) is 8.03. The Balaban J connectivity index is 1.95. The van der Waals surface area contributed by atoms with Gasteiger partial charge >= 0.3 is 0 Å². The maximum absolute atomic E-state index is 11.2. The Bertz CT molecular complexity index is 452. The zero-order valence-electron chi connectivity index (χ0n) is 7.90. The van der Waals surface area contributed by atoms with E-state index in [2.05, 4.69) is 26.5 Å². The highest BCUT2D eigenvalue weighted by Gasteiger charge is 2.49. The highest BCUT2D eigenvalue weighted by atomic mass is 79.9. The van der Waals surface area contributed by atoms with Gasteiger partial charge in [0.1, 0.15) is 0 Å². The van der Waals surface area contributed by atoms with Gasteiger partial charge in [-0.15, -0.1) is 0 Å². The minimum atomic E-state index is 0.0702. The number of amides is 1. The minimum absolute atomic E-state index is 0.0702. The van der Waals surface area contributed by atoms with Crippen LogP contribution in [0.2, 0.25) is 0 Å². The molecule has 1 N–H and O–H groups in total. The summed E-state index contributed by atoms with van der Waals surface area (Å²) >= 11 is 3.39. The van der Waals surface area contributed by atoms with E-state index in [1.54, 1.807) is 0 Å². The summed E-state index contributed by atoms with van der Waals surface area (Å²) < 4.78 is 1.05. The second kappa shape index (κ2) is 3.17. The summed E-state index contributed by atoms with van der Waals surface area (Å²) in [4.78, 5) is 11.2. The van der Waals surface area contributed by atoms with Crippen LogP contribution >= 0.6 is 15.9 Å². The Morgan fingerprint density at radius 1 is 1.27 bits per heavy atom. The molecule has 0 aromatic heterocycles. The van der Waals surface area contributed by atoms with Gasteiger partial charge in [-0.1, -0.05) is 28.1 Å². The Kier molecular flexibility index (Phi) is 1.92. The summed E-state index contributed by atoms with van der Waals surface area (Å²) in [5, 5.41) is 4.13. The maximum atomic E-state index is 11.2. The number of rotatable bonds is 1. The molecule has 1 fully saturated rings. The van der Waals surface area contributed by atoms with Gasteiger partial charge in [-0.05, 0) is 24.1 Å². The zero-order valence-corrected chi connectivity index (χ0v) is 9.49. The van der Waals surface area contributed by atoms with Gasteiger partial charge in [0, 0.05) is 16.3 Å². The number of hydrazone groups is 1. The molecule has 0 unspecified atom stereocenters. The van der Waals surface area contributed by atoms with Gasteiger partial charge < -0.3 is 0 Å². The molecule has 2 atom stereocenters. The Morgan fingerprint density at radius 2 is 2.00 bits per heavy atom. The largest absolute Gasteiger partial charge is 0.273 e. The van der Waals surface area contributed by atoms with Crippen LogP contribution in [-0.2, 0) is 4.79 Å². The lowest BCUT2D eigenvalue weighted by Gasteiger charge is -2.11.